The molecule has 0 radical (unpaired) electrons. The van der Waals surface area contributed by atoms with Crippen LogP contribution in [0.15, 0.2) is 54.6 Å². The van der Waals surface area contributed by atoms with Gasteiger partial charge in [-0.1, -0.05) is 30.3 Å². The van der Waals surface area contributed by atoms with Gasteiger partial charge in [-0.25, -0.2) is 0 Å². The monoisotopic (exact) mass is 377 g/mol. The first-order valence-electron chi connectivity index (χ1n) is 8.99. The molecule has 1 atom stereocenters. The molecule has 2 aromatic carbocycles. The average Bonchev–Trinajstić information content (AvgIpc) is 2.93. The lowest BCUT2D eigenvalue weighted by molar-refractivity contribution is -0.137. The summed E-state index contributed by atoms with van der Waals surface area (Å²) in [5.41, 5.74) is 0.360. The lowest BCUT2D eigenvalue weighted by atomic mass is 9.74. The van der Waals surface area contributed by atoms with Crippen molar-refractivity contribution in [2.24, 2.45) is 0 Å². The maximum absolute atomic E-state index is 12.7. The van der Waals surface area contributed by atoms with E-state index in [1.807, 2.05) is 18.2 Å². The second kappa shape index (κ2) is 8.13. The second-order valence-corrected chi connectivity index (χ2v) is 6.87. The fraction of sp³-hybridized carbons (Fsp3) is 0.381. The SMILES string of the molecule is O=C(NC[C@@]1(c2ccccc2)CCCOCC1)c1ccc(C(F)(F)F)cc1. The van der Waals surface area contributed by atoms with Crippen molar-refractivity contribution in [3.8, 4) is 0 Å². The van der Waals surface area contributed by atoms with Crippen LogP contribution in [0, 0.1) is 0 Å². The van der Waals surface area contributed by atoms with Gasteiger partial charge in [-0.05, 0) is 49.1 Å². The van der Waals surface area contributed by atoms with E-state index in [1.54, 1.807) is 0 Å². The van der Waals surface area contributed by atoms with Gasteiger partial charge in [0.1, 0.15) is 0 Å². The number of nitrogens with one attached hydrogen (secondary N) is 1. The normalized spacial score (nSPS) is 20.7. The summed E-state index contributed by atoms with van der Waals surface area (Å²) in [5, 5.41) is 2.92. The Morgan fingerprint density at radius 1 is 1.00 bits per heavy atom. The summed E-state index contributed by atoms with van der Waals surface area (Å²) in [6.45, 7) is 1.73. The number of benzene rings is 2. The van der Waals surface area contributed by atoms with Crippen molar-refractivity contribution in [1.82, 2.24) is 5.32 Å². The Balaban J connectivity index is 1.74. The Kier molecular flexibility index (Phi) is 5.85. The first kappa shape index (κ1) is 19.4. The van der Waals surface area contributed by atoms with E-state index in [2.05, 4.69) is 17.4 Å². The smallest absolute Gasteiger partial charge is 0.381 e. The Labute approximate surface area is 156 Å². The number of halogens is 3. The molecule has 3 rings (SSSR count). The van der Waals surface area contributed by atoms with E-state index in [9.17, 15) is 18.0 Å². The molecule has 1 aliphatic rings. The molecule has 6 heteroatoms. The minimum atomic E-state index is -4.41. The highest BCUT2D eigenvalue weighted by molar-refractivity contribution is 5.94. The van der Waals surface area contributed by atoms with Crippen LogP contribution in [0.2, 0.25) is 0 Å². The molecule has 0 saturated carbocycles. The summed E-state index contributed by atoms with van der Waals surface area (Å²) in [7, 11) is 0. The van der Waals surface area contributed by atoms with Gasteiger partial charge in [-0.3, -0.25) is 4.79 Å². The quantitative estimate of drug-likeness (QED) is 0.847. The molecule has 144 valence electrons. The first-order chi connectivity index (χ1) is 12.9. The van der Waals surface area contributed by atoms with E-state index in [1.165, 1.54) is 12.1 Å². The van der Waals surface area contributed by atoms with Crippen molar-refractivity contribution < 1.29 is 22.7 Å². The number of hydrogen-bond acceptors (Lipinski definition) is 2. The first-order valence-corrected chi connectivity index (χ1v) is 8.99. The molecule has 1 saturated heterocycles. The Bertz CT molecular complexity index is 749. The van der Waals surface area contributed by atoms with Crippen LogP contribution in [-0.2, 0) is 16.3 Å². The topological polar surface area (TPSA) is 38.3 Å². The zero-order chi connectivity index (χ0) is 19.3. The van der Waals surface area contributed by atoms with Crippen molar-refractivity contribution >= 4 is 5.91 Å². The van der Waals surface area contributed by atoms with Crippen molar-refractivity contribution in [2.75, 3.05) is 19.8 Å². The van der Waals surface area contributed by atoms with Crippen LogP contribution < -0.4 is 5.32 Å². The Morgan fingerprint density at radius 2 is 1.70 bits per heavy atom. The number of carbonyl (C=O) groups excluding carboxylic acids is 1. The number of amides is 1. The molecule has 3 nitrogen and oxygen atoms in total. The van der Waals surface area contributed by atoms with Gasteiger partial charge in [0.25, 0.3) is 5.91 Å². The summed E-state index contributed by atoms with van der Waals surface area (Å²) in [5.74, 6) is -0.371. The summed E-state index contributed by atoms with van der Waals surface area (Å²) in [6.07, 6.45) is -1.85. The highest BCUT2D eigenvalue weighted by Crippen LogP contribution is 2.34. The van der Waals surface area contributed by atoms with Gasteiger partial charge in [0.05, 0.1) is 5.56 Å². The number of rotatable bonds is 4. The third-order valence-corrected chi connectivity index (χ3v) is 5.12. The van der Waals surface area contributed by atoms with Crippen LogP contribution >= 0.6 is 0 Å². The number of alkyl halides is 3. The molecular weight excluding hydrogens is 355 g/mol. The van der Waals surface area contributed by atoms with Crippen LogP contribution in [0.25, 0.3) is 0 Å². The second-order valence-electron chi connectivity index (χ2n) is 6.87. The maximum atomic E-state index is 12.7. The Hall–Kier alpha value is -2.34. The Morgan fingerprint density at radius 3 is 2.37 bits per heavy atom. The van der Waals surface area contributed by atoms with Crippen LogP contribution in [0.1, 0.15) is 40.7 Å². The molecule has 1 N–H and O–H groups in total. The van der Waals surface area contributed by atoms with Crippen molar-refractivity contribution in [3.05, 3.63) is 71.3 Å². The number of hydrogen-bond donors (Lipinski definition) is 1. The zero-order valence-corrected chi connectivity index (χ0v) is 14.9. The van der Waals surface area contributed by atoms with Crippen molar-refractivity contribution in [1.29, 1.82) is 0 Å². The zero-order valence-electron chi connectivity index (χ0n) is 14.9. The van der Waals surface area contributed by atoms with E-state index in [0.717, 1.165) is 37.0 Å². The highest BCUT2D eigenvalue weighted by atomic mass is 19.4. The molecule has 2 aromatic rings. The van der Waals surface area contributed by atoms with E-state index >= 15 is 0 Å². The fourth-order valence-corrected chi connectivity index (χ4v) is 3.53. The van der Waals surface area contributed by atoms with E-state index < -0.39 is 11.7 Å². The number of ether oxygens (including phenoxy) is 1. The molecule has 0 bridgehead atoms. The lowest BCUT2D eigenvalue weighted by Gasteiger charge is -2.33. The standard InChI is InChI=1S/C21H22F3NO2/c22-21(23,24)18-9-7-16(8-10-18)19(26)25-15-20(11-4-13-27-14-12-20)17-5-2-1-3-6-17/h1-3,5-10H,4,11-15H2,(H,25,26)/t20-/m1/s1. The van der Waals surface area contributed by atoms with E-state index in [0.29, 0.717) is 19.8 Å². The summed E-state index contributed by atoms with van der Waals surface area (Å²) < 4.78 is 43.6. The van der Waals surface area contributed by atoms with Gasteiger partial charge in [0.15, 0.2) is 0 Å². The third kappa shape index (κ3) is 4.69. The summed E-state index contributed by atoms with van der Waals surface area (Å²) in [4.78, 5) is 12.5. The molecule has 0 aromatic heterocycles. The van der Waals surface area contributed by atoms with E-state index in [4.69, 9.17) is 4.74 Å². The minimum absolute atomic E-state index is 0.219. The molecule has 1 fully saturated rings. The van der Waals surface area contributed by atoms with Crippen LogP contribution in [0.3, 0.4) is 0 Å². The molecule has 0 unspecified atom stereocenters. The average molecular weight is 377 g/mol. The van der Waals surface area contributed by atoms with Gasteiger partial charge in [-0.15, -0.1) is 0 Å². The summed E-state index contributed by atoms with van der Waals surface area (Å²) >= 11 is 0. The summed E-state index contributed by atoms with van der Waals surface area (Å²) in [6, 6.07) is 14.3. The molecule has 1 heterocycles. The van der Waals surface area contributed by atoms with E-state index in [-0.39, 0.29) is 16.9 Å². The van der Waals surface area contributed by atoms with Gasteiger partial charge < -0.3 is 10.1 Å². The fourth-order valence-electron chi connectivity index (χ4n) is 3.53. The molecule has 27 heavy (non-hydrogen) atoms. The molecular formula is C21H22F3NO2. The van der Waals surface area contributed by atoms with Crippen molar-refractivity contribution in [2.45, 2.75) is 30.9 Å². The predicted molar refractivity (Wildman–Crippen MR) is 96.6 cm³/mol. The van der Waals surface area contributed by atoms with Crippen LogP contribution in [-0.4, -0.2) is 25.7 Å². The molecule has 1 amide bonds. The highest BCUT2D eigenvalue weighted by Gasteiger charge is 2.34. The molecule has 1 aliphatic heterocycles. The van der Waals surface area contributed by atoms with Gasteiger partial charge in [0, 0.05) is 30.7 Å². The minimum Gasteiger partial charge on any atom is -0.381 e. The molecule has 0 aliphatic carbocycles. The molecule has 0 spiro atoms. The largest absolute Gasteiger partial charge is 0.416 e. The maximum Gasteiger partial charge on any atom is 0.416 e. The van der Waals surface area contributed by atoms with Crippen LogP contribution in [0.4, 0.5) is 13.2 Å². The number of carbonyl (C=O) groups is 1. The van der Waals surface area contributed by atoms with Crippen LogP contribution in [0.5, 0.6) is 0 Å². The predicted octanol–water partition coefficient (Wildman–Crippen LogP) is 4.57. The lowest BCUT2D eigenvalue weighted by Crippen LogP contribution is -2.41. The van der Waals surface area contributed by atoms with Gasteiger partial charge >= 0.3 is 6.18 Å². The van der Waals surface area contributed by atoms with Crippen molar-refractivity contribution in [3.63, 3.8) is 0 Å². The third-order valence-electron chi connectivity index (χ3n) is 5.12. The van der Waals surface area contributed by atoms with Gasteiger partial charge in [-0.2, -0.15) is 13.2 Å². The van der Waals surface area contributed by atoms with Gasteiger partial charge in [0.2, 0.25) is 0 Å².